The highest BCUT2D eigenvalue weighted by atomic mass is 32.1. The van der Waals surface area contributed by atoms with Crippen LogP contribution in [0.25, 0.3) is 21.3 Å². The summed E-state index contributed by atoms with van der Waals surface area (Å²) in [5.74, 6) is 1.90. The average molecular weight is 404 g/mol. The number of carbonyl (C=O) groups excluding carboxylic acids is 1. The van der Waals surface area contributed by atoms with Crippen molar-refractivity contribution in [2.24, 2.45) is 0 Å². The lowest BCUT2D eigenvalue weighted by Gasteiger charge is -2.12. The monoisotopic (exact) mass is 403 g/mol. The van der Waals surface area contributed by atoms with E-state index in [4.69, 9.17) is 14.7 Å². The normalized spacial score (nSPS) is 11.2. The summed E-state index contributed by atoms with van der Waals surface area (Å²) in [5, 5.41) is 3.00. The van der Waals surface area contributed by atoms with Gasteiger partial charge < -0.3 is 9.64 Å². The molecule has 0 saturated carbocycles. The number of nitrogens with zero attached hydrogens (tertiary/aromatic N) is 3. The first-order chi connectivity index (χ1) is 14.0. The second kappa shape index (κ2) is 8.11. The van der Waals surface area contributed by atoms with Crippen molar-refractivity contribution in [3.63, 3.8) is 0 Å². The summed E-state index contributed by atoms with van der Waals surface area (Å²) in [6, 6.07) is 17.3. The lowest BCUT2D eigenvalue weighted by Crippen LogP contribution is -2.13. The summed E-state index contributed by atoms with van der Waals surface area (Å²) < 4.78 is 6.19. The van der Waals surface area contributed by atoms with Crippen LogP contribution >= 0.6 is 11.3 Å². The van der Waals surface area contributed by atoms with Gasteiger partial charge >= 0.3 is 0 Å². The van der Waals surface area contributed by atoms with Crippen LogP contribution in [-0.4, -0.2) is 34.7 Å². The molecule has 0 fully saturated rings. The quantitative estimate of drug-likeness (QED) is 0.403. The summed E-state index contributed by atoms with van der Waals surface area (Å²) in [7, 11) is 3.97. The largest absolute Gasteiger partial charge is 0.438 e. The molecule has 6 heteroatoms. The van der Waals surface area contributed by atoms with E-state index in [0.717, 1.165) is 21.3 Å². The predicted molar refractivity (Wildman–Crippen MR) is 117 cm³/mol. The predicted octanol–water partition coefficient (Wildman–Crippen LogP) is 5.41. The molecule has 0 amide bonds. The first-order valence-electron chi connectivity index (χ1n) is 9.28. The molecule has 0 saturated heterocycles. The maximum atomic E-state index is 11.5. The van der Waals surface area contributed by atoms with Gasteiger partial charge in [-0.1, -0.05) is 30.3 Å². The second-order valence-corrected chi connectivity index (χ2v) is 7.92. The molecule has 0 unspecified atom stereocenters. The van der Waals surface area contributed by atoms with E-state index in [9.17, 15) is 4.79 Å². The van der Waals surface area contributed by atoms with Crippen molar-refractivity contribution in [2.75, 3.05) is 14.1 Å². The fraction of sp³-hybridized carbons (Fsp3) is 0.174. The van der Waals surface area contributed by atoms with Crippen LogP contribution in [0.15, 0.2) is 60.0 Å². The molecule has 2 aromatic heterocycles. The van der Waals surface area contributed by atoms with E-state index in [-0.39, 0.29) is 5.78 Å². The highest BCUT2D eigenvalue weighted by Crippen LogP contribution is 2.39. The molecule has 4 rings (SSSR count). The third kappa shape index (κ3) is 4.18. The smallest absolute Gasteiger partial charge is 0.232 e. The number of Topliss-reactive ketones (excluding diaryl/α,β-unsaturated/α-hetero) is 1. The number of hydrogen-bond acceptors (Lipinski definition) is 6. The molecule has 0 aliphatic heterocycles. The van der Waals surface area contributed by atoms with Gasteiger partial charge in [-0.25, -0.2) is 4.98 Å². The number of thiophene rings is 1. The Morgan fingerprint density at radius 3 is 2.41 bits per heavy atom. The molecule has 0 aliphatic rings. The van der Waals surface area contributed by atoms with Gasteiger partial charge in [0.25, 0.3) is 0 Å². The minimum atomic E-state index is 0.0263. The zero-order valence-electron chi connectivity index (χ0n) is 16.5. The van der Waals surface area contributed by atoms with E-state index in [1.54, 1.807) is 42.5 Å². The maximum absolute atomic E-state index is 11.5. The number of hydrogen-bond donors (Lipinski definition) is 0. The van der Waals surface area contributed by atoms with Crippen molar-refractivity contribution in [3.8, 4) is 22.8 Å². The number of rotatable bonds is 6. The summed E-state index contributed by atoms with van der Waals surface area (Å²) in [6.45, 7) is 2.17. The standard InChI is InChI=1S/C23H21N3O2S/c1-15(27)16-9-11-18(12-10-16)28-22-21-19(17-7-5-4-6-8-17)14-29-23(21)25-20(24-22)13-26(2)3/h4-12,14H,13H2,1-3H3. The van der Waals surface area contributed by atoms with Crippen molar-refractivity contribution in [3.05, 3.63) is 71.4 Å². The SMILES string of the molecule is CC(=O)c1ccc(Oc2nc(CN(C)C)nc3scc(-c4ccccc4)c23)cc1. The zero-order chi connectivity index (χ0) is 20.4. The molecule has 146 valence electrons. The number of benzene rings is 2. The molecule has 0 N–H and O–H groups in total. The van der Waals surface area contributed by atoms with E-state index in [0.29, 0.717) is 29.6 Å². The van der Waals surface area contributed by atoms with Crippen molar-refractivity contribution in [2.45, 2.75) is 13.5 Å². The Hall–Kier alpha value is -3.09. The minimum Gasteiger partial charge on any atom is -0.438 e. The Balaban J connectivity index is 1.82. The first kappa shape index (κ1) is 19.2. The molecule has 0 spiro atoms. The lowest BCUT2D eigenvalue weighted by molar-refractivity contribution is 0.101. The molecule has 2 aromatic carbocycles. The topological polar surface area (TPSA) is 55.3 Å². The third-order valence-electron chi connectivity index (χ3n) is 4.46. The third-order valence-corrected chi connectivity index (χ3v) is 5.34. The number of aromatic nitrogens is 2. The summed E-state index contributed by atoms with van der Waals surface area (Å²) in [5.41, 5.74) is 2.80. The highest BCUT2D eigenvalue weighted by Gasteiger charge is 2.17. The van der Waals surface area contributed by atoms with Crippen LogP contribution in [-0.2, 0) is 6.54 Å². The fourth-order valence-corrected chi connectivity index (χ4v) is 4.04. The van der Waals surface area contributed by atoms with E-state index in [2.05, 4.69) is 17.5 Å². The van der Waals surface area contributed by atoms with Gasteiger partial charge in [0, 0.05) is 16.5 Å². The van der Waals surface area contributed by atoms with Crippen LogP contribution in [0, 0.1) is 0 Å². The average Bonchev–Trinajstić information content (AvgIpc) is 3.13. The number of carbonyl (C=O) groups is 1. The van der Waals surface area contributed by atoms with Crippen LogP contribution in [0.3, 0.4) is 0 Å². The van der Waals surface area contributed by atoms with Crippen LogP contribution in [0.5, 0.6) is 11.6 Å². The zero-order valence-corrected chi connectivity index (χ0v) is 17.4. The molecule has 0 bridgehead atoms. The molecule has 2 heterocycles. The number of ether oxygens (including phenoxy) is 1. The van der Waals surface area contributed by atoms with E-state index < -0.39 is 0 Å². The van der Waals surface area contributed by atoms with Crippen LogP contribution in [0.1, 0.15) is 23.1 Å². The molecule has 0 atom stereocenters. The van der Waals surface area contributed by atoms with Gasteiger partial charge in [-0.3, -0.25) is 4.79 Å². The maximum Gasteiger partial charge on any atom is 0.232 e. The fourth-order valence-electron chi connectivity index (χ4n) is 3.08. The van der Waals surface area contributed by atoms with Crippen molar-refractivity contribution in [1.82, 2.24) is 14.9 Å². The van der Waals surface area contributed by atoms with Crippen LogP contribution in [0.2, 0.25) is 0 Å². The molecular formula is C23H21N3O2S. The molecule has 5 nitrogen and oxygen atoms in total. The van der Waals surface area contributed by atoms with Gasteiger partial charge in [-0.15, -0.1) is 11.3 Å². The van der Waals surface area contributed by atoms with Gasteiger partial charge in [-0.05, 0) is 50.8 Å². The lowest BCUT2D eigenvalue weighted by atomic mass is 10.1. The van der Waals surface area contributed by atoms with Crippen molar-refractivity contribution in [1.29, 1.82) is 0 Å². The molecule has 29 heavy (non-hydrogen) atoms. The van der Waals surface area contributed by atoms with Crippen molar-refractivity contribution >= 4 is 27.3 Å². The van der Waals surface area contributed by atoms with Gasteiger partial charge in [0.15, 0.2) is 5.78 Å². The van der Waals surface area contributed by atoms with Gasteiger partial charge in [-0.2, -0.15) is 4.98 Å². The van der Waals surface area contributed by atoms with E-state index in [1.165, 1.54) is 0 Å². The Bertz CT molecular complexity index is 1150. The molecular weight excluding hydrogens is 382 g/mol. The highest BCUT2D eigenvalue weighted by molar-refractivity contribution is 7.17. The number of ketones is 1. The number of fused-ring (bicyclic) bond motifs is 1. The van der Waals surface area contributed by atoms with Gasteiger partial charge in [0.2, 0.25) is 5.88 Å². The summed E-state index contributed by atoms with van der Waals surface area (Å²) >= 11 is 1.59. The Kier molecular flexibility index (Phi) is 5.38. The molecule has 0 aliphatic carbocycles. The van der Waals surface area contributed by atoms with Crippen LogP contribution < -0.4 is 4.74 Å². The minimum absolute atomic E-state index is 0.0263. The van der Waals surface area contributed by atoms with E-state index in [1.807, 2.05) is 37.2 Å². The second-order valence-electron chi connectivity index (χ2n) is 7.06. The Morgan fingerprint density at radius 2 is 1.76 bits per heavy atom. The summed E-state index contributed by atoms with van der Waals surface area (Å²) in [4.78, 5) is 23.9. The Labute approximate surface area is 173 Å². The summed E-state index contributed by atoms with van der Waals surface area (Å²) in [6.07, 6.45) is 0. The van der Waals surface area contributed by atoms with Crippen LogP contribution in [0.4, 0.5) is 0 Å². The molecule has 4 aromatic rings. The first-order valence-corrected chi connectivity index (χ1v) is 10.2. The van der Waals surface area contributed by atoms with E-state index >= 15 is 0 Å². The van der Waals surface area contributed by atoms with Gasteiger partial charge in [0.05, 0.1) is 11.9 Å². The van der Waals surface area contributed by atoms with Crippen molar-refractivity contribution < 1.29 is 9.53 Å². The molecule has 0 radical (unpaired) electrons. The Morgan fingerprint density at radius 1 is 1.03 bits per heavy atom. The van der Waals surface area contributed by atoms with Gasteiger partial charge in [0.1, 0.15) is 16.4 Å².